The highest BCUT2D eigenvalue weighted by Gasteiger charge is 2.50. The summed E-state index contributed by atoms with van der Waals surface area (Å²) >= 11 is 0. The molecule has 3 aliphatic heterocycles. The van der Waals surface area contributed by atoms with E-state index in [9.17, 15) is 5.11 Å². The van der Waals surface area contributed by atoms with Crippen LogP contribution in [0.2, 0.25) is 0 Å². The number of benzene rings is 2. The van der Waals surface area contributed by atoms with Crippen molar-refractivity contribution in [1.82, 2.24) is 9.88 Å². The molecule has 4 heterocycles. The van der Waals surface area contributed by atoms with Gasteiger partial charge in [-0.2, -0.15) is 0 Å². The van der Waals surface area contributed by atoms with E-state index in [0.29, 0.717) is 11.8 Å². The van der Waals surface area contributed by atoms with Crippen LogP contribution in [0.1, 0.15) is 24.0 Å². The third-order valence-electron chi connectivity index (χ3n) is 7.16. The van der Waals surface area contributed by atoms with Gasteiger partial charge in [-0.3, -0.25) is 9.88 Å². The topological polar surface area (TPSA) is 45.6 Å². The standard InChI is InChI=1S/C26H28N2O2/c1-3-18-17-28-14-12-19(18)15-25(28)26(29,20-7-5-4-6-8-20)23-11-13-27-24-10-9-21(30-2)16-22(23)24/h3-11,13,16,18-19,25,29H,1,12,14-15,17H2,2H3/t18-,19-,25+,26+/m0/s1. The summed E-state index contributed by atoms with van der Waals surface area (Å²) < 4.78 is 5.49. The molecule has 3 aliphatic rings. The molecule has 0 spiro atoms. The highest BCUT2D eigenvalue weighted by Crippen LogP contribution is 2.47. The average Bonchev–Trinajstić information content (AvgIpc) is 2.83. The number of nitrogens with zero attached hydrogens (tertiary/aromatic N) is 2. The summed E-state index contributed by atoms with van der Waals surface area (Å²) in [7, 11) is 1.67. The second kappa shape index (κ2) is 7.53. The molecule has 2 aromatic carbocycles. The van der Waals surface area contributed by atoms with Gasteiger partial charge in [0.15, 0.2) is 0 Å². The van der Waals surface area contributed by atoms with E-state index >= 15 is 0 Å². The van der Waals surface area contributed by atoms with E-state index in [2.05, 4.69) is 22.5 Å². The molecule has 154 valence electrons. The van der Waals surface area contributed by atoms with Gasteiger partial charge in [0, 0.05) is 29.7 Å². The molecule has 4 nitrogen and oxygen atoms in total. The monoisotopic (exact) mass is 400 g/mol. The molecule has 3 aromatic rings. The van der Waals surface area contributed by atoms with Crippen LogP contribution in [0.4, 0.5) is 0 Å². The first kappa shape index (κ1) is 19.3. The lowest BCUT2D eigenvalue weighted by molar-refractivity contribution is -0.0867. The number of rotatable bonds is 5. The summed E-state index contributed by atoms with van der Waals surface area (Å²) in [6.07, 6.45) is 6.03. The molecule has 2 bridgehead atoms. The maximum absolute atomic E-state index is 12.6. The fraction of sp³-hybridized carbons (Fsp3) is 0.346. The average molecular weight is 401 g/mol. The van der Waals surface area contributed by atoms with Crippen molar-refractivity contribution in [2.45, 2.75) is 24.5 Å². The van der Waals surface area contributed by atoms with Gasteiger partial charge in [0.2, 0.25) is 0 Å². The van der Waals surface area contributed by atoms with Crippen LogP contribution in [0, 0.1) is 11.8 Å². The van der Waals surface area contributed by atoms with Crippen molar-refractivity contribution in [3.63, 3.8) is 0 Å². The quantitative estimate of drug-likeness (QED) is 0.646. The molecule has 0 aliphatic carbocycles. The molecule has 1 N–H and O–H groups in total. The van der Waals surface area contributed by atoms with Gasteiger partial charge in [-0.25, -0.2) is 0 Å². The number of methoxy groups -OCH3 is 1. The van der Waals surface area contributed by atoms with Crippen molar-refractivity contribution >= 4 is 10.9 Å². The molecule has 3 fully saturated rings. The van der Waals surface area contributed by atoms with Crippen LogP contribution in [-0.4, -0.2) is 41.2 Å². The van der Waals surface area contributed by atoms with E-state index in [1.54, 1.807) is 13.3 Å². The first-order valence-electron chi connectivity index (χ1n) is 10.7. The van der Waals surface area contributed by atoms with Gasteiger partial charge >= 0.3 is 0 Å². The van der Waals surface area contributed by atoms with Crippen LogP contribution in [0.15, 0.2) is 73.4 Å². The van der Waals surface area contributed by atoms with Gasteiger partial charge in [-0.05, 0) is 61.1 Å². The first-order valence-corrected chi connectivity index (χ1v) is 10.7. The second-order valence-electron chi connectivity index (χ2n) is 8.57. The van der Waals surface area contributed by atoms with Crippen molar-refractivity contribution in [2.75, 3.05) is 20.2 Å². The summed E-state index contributed by atoms with van der Waals surface area (Å²) in [6, 6.07) is 18.0. The van der Waals surface area contributed by atoms with Gasteiger partial charge in [-0.15, -0.1) is 6.58 Å². The number of pyridine rings is 1. The number of hydrogen-bond acceptors (Lipinski definition) is 4. The van der Waals surface area contributed by atoms with Gasteiger partial charge in [-0.1, -0.05) is 36.4 Å². The van der Waals surface area contributed by atoms with Crippen molar-refractivity contribution in [2.24, 2.45) is 11.8 Å². The summed E-state index contributed by atoms with van der Waals surface area (Å²) in [5, 5.41) is 13.5. The Kier molecular flexibility index (Phi) is 4.84. The fourth-order valence-electron chi connectivity index (χ4n) is 5.57. The third-order valence-corrected chi connectivity index (χ3v) is 7.16. The van der Waals surface area contributed by atoms with Gasteiger partial charge in [0.1, 0.15) is 11.4 Å². The largest absolute Gasteiger partial charge is 0.497 e. The Labute approximate surface area is 177 Å². The molecule has 4 heteroatoms. The highest BCUT2D eigenvalue weighted by atomic mass is 16.5. The van der Waals surface area contributed by atoms with Crippen LogP contribution in [0.3, 0.4) is 0 Å². The van der Waals surface area contributed by atoms with Crippen molar-refractivity contribution in [3.05, 3.63) is 84.6 Å². The number of piperidine rings is 3. The Balaban J connectivity index is 1.72. The maximum atomic E-state index is 12.6. The number of fused-ring (bicyclic) bond motifs is 4. The maximum Gasteiger partial charge on any atom is 0.131 e. The van der Waals surface area contributed by atoms with Crippen molar-refractivity contribution < 1.29 is 9.84 Å². The second-order valence-corrected chi connectivity index (χ2v) is 8.57. The summed E-state index contributed by atoms with van der Waals surface area (Å²) in [6.45, 7) is 6.03. The minimum absolute atomic E-state index is 0.00616. The lowest BCUT2D eigenvalue weighted by Crippen LogP contribution is -2.61. The molecular formula is C26H28N2O2. The number of aliphatic hydroxyl groups is 1. The molecule has 1 aromatic heterocycles. The van der Waals surface area contributed by atoms with E-state index in [-0.39, 0.29) is 6.04 Å². The molecule has 30 heavy (non-hydrogen) atoms. The van der Waals surface area contributed by atoms with Crippen molar-refractivity contribution in [3.8, 4) is 5.75 Å². The van der Waals surface area contributed by atoms with E-state index in [1.807, 2.05) is 54.6 Å². The molecule has 0 saturated carbocycles. The highest BCUT2D eigenvalue weighted by molar-refractivity contribution is 5.85. The molecule has 6 rings (SSSR count). The predicted octanol–water partition coefficient (Wildman–Crippen LogP) is 4.38. The normalized spacial score (nSPS) is 27.5. The molecular weight excluding hydrogens is 372 g/mol. The number of aromatic nitrogens is 1. The SMILES string of the molecule is C=C[C@H]1CN2CC[C@H]1C[C@@H]2[C@@](O)(c1ccccc1)c1ccnc2ccc(OC)cc12. The lowest BCUT2D eigenvalue weighted by Gasteiger charge is -2.54. The molecule has 3 saturated heterocycles. The zero-order valence-corrected chi connectivity index (χ0v) is 17.4. The third kappa shape index (κ3) is 2.94. The van der Waals surface area contributed by atoms with Crippen LogP contribution < -0.4 is 4.74 Å². The van der Waals surface area contributed by atoms with E-state index in [1.165, 1.54) is 6.42 Å². The predicted molar refractivity (Wildman–Crippen MR) is 120 cm³/mol. The minimum atomic E-state index is -1.14. The number of hydrogen-bond donors (Lipinski definition) is 1. The smallest absolute Gasteiger partial charge is 0.131 e. The van der Waals surface area contributed by atoms with Crippen LogP contribution in [-0.2, 0) is 5.60 Å². The molecule has 1 unspecified atom stereocenters. The Bertz CT molecular complexity index is 1070. The van der Waals surface area contributed by atoms with Crippen LogP contribution in [0.5, 0.6) is 5.75 Å². The van der Waals surface area contributed by atoms with Crippen molar-refractivity contribution in [1.29, 1.82) is 0 Å². The van der Waals surface area contributed by atoms with E-state index < -0.39 is 5.60 Å². The van der Waals surface area contributed by atoms with Crippen LogP contribution >= 0.6 is 0 Å². The van der Waals surface area contributed by atoms with Crippen LogP contribution in [0.25, 0.3) is 10.9 Å². The Morgan fingerprint density at radius 1 is 1.20 bits per heavy atom. The molecule has 0 amide bonds. The van der Waals surface area contributed by atoms with Gasteiger partial charge in [0.25, 0.3) is 0 Å². The number of ether oxygens (including phenoxy) is 1. The van der Waals surface area contributed by atoms with Gasteiger partial charge < -0.3 is 9.84 Å². The molecule has 5 atom stereocenters. The Morgan fingerprint density at radius 2 is 2.03 bits per heavy atom. The zero-order chi connectivity index (χ0) is 20.7. The lowest BCUT2D eigenvalue weighted by atomic mass is 9.67. The first-order chi connectivity index (χ1) is 14.6. The fourth-order valence-corrected chi connectivity index (χ4v) is 5.57. The van der Waals surface area contributed by atoms with Gasteiger partial charge in [0.05, 0.1) is 12.6 Å². The minimum Gasteiger partial charge on any atom is -0.497 e. The van der Waals surface area contributed by atoms with E-state index in [4.69, 9.17) is 4.74 Å². The van der Waals surface area contributed by atoms with E-state index in [0.717, 1.165) is 47.3 Å². The Morgan fingerprint density at radius 3 is 2.73 bits per heavy atom. The summed E-state index contributed by atoms with van der Waals surface area (Å²) in [5.74, 6) is 1.84. The molecule has 0 radical (unpaired) electrons. The summed E-state index contributed by atoms with van der Waals surface area (Å²) in [5.41, 5.74) is 1.54. The Hall–Kier alpha value is -2.69. The summed E-state index contributed by atoms with van der Waals surface area (Å²) in [4.78, 5) is 7.01. The zero-order valence-electron chi connectivity index (χ0n) is 17.4.